The number of pyridine rings is 1. The molecular weight excluding hydrogens is 415 g/mol. The van der Waals surface area contributed by atoms with Crippen molar-refractivity contribution >= 4 is 11.4 Å². The van der Waals surface area contributed by atoms with Crippen LogP contribution >= 0.6 is 0 Å². The molecule has 0 bridgehead atoms. The predicted molar refractivity (Wildman–Crippen MR) is 118 cm³/mol. The topological polar surface area (TPSA) is 38.7 Å². The molecule has 1 aliphatic rings. The van der Waals surface area contributed by atoms with Gasteiger partial charge in [-0.05, 0) is 30.9 Å². The van der Waals surface area contributed by atoms with Crippen LogP contribution in [0.15, 0.2) is 76.6 Å². The van der Waals surface area contributed by atoms with Crippen molar-refractivity contribution in [2.24, 2.45) is 5.10 Å². The van der Waals surface area contributed by atoms with Crippen molar-refractivity contribution in [3.05, 3.63) is 99.6 Å². The maximum atomic E-state index is 13.7. The number of rotatable bonds is 3. The second kappa shape index (κ2) is 8.83. The van der Waals surface area contributed by atoms with Gasteiger partial charge in [-0.3, -0.25) is 4.79 Å². The van der Waals surface area contributed by atoms with Crippen LogP contribution in [0.25, 0.3) is 16.1 Å². The van der Waals surface area contributed by atoms with Crippen LogP contribution in [0.5, 0.6) is 0 Å². The normalized spacial score (nSPS) is 17.8. The minimum atomic E-state index is -4.83. The van der Waals surface area contributed by atoms with E-state index in [1.165, 1.54) is 0 Å². The molecule has 0 saturated heterocycles. The number of alkyl halides is 3. The fourth-order valence-electron chi connectivity index (χ4n) is 4.12. The summed E-state index contributed by atoms with van der Waals surface area (Å²) in [5, 5.41) is 4.59. The van der Waals surface area contributed by atoms with Crippen LogP contribution in [0.3, 0.4) is 0 Å². The van der Waals surface area contributed by atoms with Crippen LogP contribution in [0, 0.1) is 6.57 Å². The highest BCUT2D eigenvalue weighted by atomic mass is 19.4. The standard InChI is InChI=1S/C25H20F3N3O/c1-29-23-20(25(26,27)28)16-22(18-12-6-3-7-13-18)31(24(23)32)30-21-15-9-8-14-19(21)17-10-4-2-5-11-17/h2-7,10-13,16,19H,8-9,14-15H2. The van der Waals surface area contributed by atoms with Gasteiger partial charge in [0, 0.05) is 17.2 Å². The van der Waals surface area contributed by atoms with Crippen LogP contribution in [0.1, 0.15) is 42.7 Å². The molecule has 1 fully saturated rings. The number of benzene rings is 2. The van der Waals surface area contributed by atoms with E-state index in [4.69, 9.17) is 6.57 Å². The third-order valence-electron chi connectivity index (χ3n) is 5.65. The molecule has 1 saturated carbocycles. The average molecular weight is 435 g/mol. The summed E-state index contributed by atoms with van der Waals surface area (Å²) in [6.07, 6.45) is -1.47. The lowest BCUT2D eigenvalue weighted by Gasteiger charge is -2.25. The number of aromatic nitrogens is 1. The molecule has 1 heterocycles. The summed E-state index contributed by atoms with van der Waals surface area (Å²) in [5.74, 6) is -0.0286. The summed E-state index contributed by atoms with van der Waals surface area (Å²) in [5.41, 5.74) is -1.04. The highest BCUT2D eigenvalue weighted by molar-refractivity contribution is 5.91. The van der Waals surface area contributed by atoms with E-state index in [0.717, 1.165) is 41.3 Å². The van der Waals surface area contributed by atoms with Gasteiger partial charge in [0.1, 0.15) is 0 Å². The molecule has 7 heteroatoms. The molecule has 1 unspecified atom stereocenters. The maximum Gasteiger partial charge on any atom is 0.407 e. The second-order valence-electron chi connectivity index (χ2n) is 7.68. The van der Waals surface area contributed by atoms with Gasteiger partial charge in [0.05, 0.1) is 17.8 Å². The molecule has 0 amide bonds. The first-order chi connectivity index (χ1) is 15.4. The van der Waals surface area contributed by atoms with E-state index in [-0.39, 0.29) is 11.6 Å². The Hall–Kier alpha value is -3.66. The summed E-state index contributed by atoms with van der Waals surface area (Å²) >= 11 is 0. The van der Waals surface area contributed by atoms with Gasteiger partial charge in [0.15, 0.2) is 0 Å². The number of nitrogens with zero attached hydrogens (tertiary/aromatic N) is 3. The van der Waals surface area contributed by atoms with E-state index in [0.29, 0.717) is 12.0 Å². The van der Waals surface area contributed by atoms with Gasteiger partial charge in [-0.1, -0.05) is 67.1 Å². The Morgan fingerprint density at radius 2 is 1.66 bits per heavy atom. The van der Waals surface area contributed by atoms with Gasteiger partial charge >= 0.3 is 6.18 Å². The van der Waals surface area contributed by atoms with Gasteiger partial charge in [-0.15, -0.1) is 0 Å². The zero-order valence-corrected chi connectivity index (χ0v) is 17.1. The van der Waals surface area contributed by atoms with Crippen LogP contribution in [0.4, 0.5) is 18.9 Å². The minimum absolute atomic E-state index is 0.0141. The maximum absolute atomic E-state index is 13.7. The lowest BCUT2D eigenvalue weighted by Crippen LogP contribution is -2.26. The zero-order valence-electron chi connectivity index (χ0n) is 17.1. The van der Waals surface area contributed by atoms with Crippen molar-refractivity contribution in [1.82, 2.24) is 4.68 Å². The Bertz CT molecular complexity index is 1240. The van der Waals surface area contributed by atoms with Crippen molar-refractivity contribution in [2.75, 3.05) is 0 Å². The predicted octanol–water partition coefficient (Wildman–Crippen LogP) is 6.65. The lowest BCUT2D eigenvalue weighted by atomic mass is 9.82. The Morgan fingerprint density at radius 1 is 1.00 bits per heavy atom. The van der Waals surface area contributed by atoms with Crippen molar-refractivity contribution in [2.45, 2.75) is 37.8 Å². The number of hydrogen-bond donors (Lipinski definition) is 0. The van der Waals surface area contributed by atoms with Gasteiger partial charge in [0.2, 0.25) is 0 Å². The van der Waals surface area contributed by atoms with Crippen molar-refractivity contribution in [3.63, 3.8) is 0 Å². The molecule has 1 atom stereocenters. The highest BCUT2D eigenvalue weighted by Gasteiger charge is 2.36. The zero-order chi connectivity index (χ0) is 22.7. The molecule has 4 nitrogen and oxygen atoms in total. The molecule has 0 radical (unpaired) electrons. The largest absolute Gasteiger partial charge is 0.407 e. The van der Waals surface area contributed by atoms with Gasteiger partial charge in [0.25, 0.3) is 11.2 Å². The smallest absolute Gasteiger partial charge is 0.281 e. The highest BCUT2D eigenvalue weighted by Crippen LogP contribution is 2.37. The Morgan fingerprint density at radius 3 is 2.28 bits per heavy atom. The van der Waals surface area contributed by atoms with Gasteiger partial charge in [-0.2, -0.15) is 18.3 Å². The molecular formula is C25H20F3N3O. The average Bonchev–Trinajstić information content (AvgIpc) is 2.81. The molecule has 162 valence electrons. The van der Waals surface area contributed by atoms with Gasteiger partial charge < -0.3 is 0 Å². The summed E-state index contributed by atoms with van der Waals surface area (Å²) in [4.78, 5) is 16.1. The Labute approximate surface area is 183 Å². The monoisotopic (exact) mass is 435 g/mol. The second-order valence-corrected chi connectivity index (χ2v) is 7.68. The number of halogens is 3. The van der Waals surface area contributed by atoms with E-state index in [2.05, 4.69) is 9.95 Å². The van der Waals surface area contributed by atoms with Crippen molar-refractivity contribution < 1.29 is 13.2 Å². The number of hydrogen-bond acceptors (Lipinski definition) is 2. The van der Waals surface area contributed by atoms with Gasteiger partial charge in [-0.25, -0.2) is 9.52 Å². The lowest BCUT2D eigenvalue weighted by molar-refractivity contribution is -0.136. The molecule has 32 heavy (non-hydrogen) atoms. The fourth-order valence-corrected chi connectivity index (χ4v) is 4.12. The Kier molecular flexibility index (Phi) is 5.95. The Balaban J connectivity index is 1.97. The summed E-state index contributed by atoms with van der Waals surface area (Å²) in [7, 11) is 0. The SMILES string of the molecule is [C-]#[N+]c1c(C(F)(F)F)cc(-c2ccccc2)n(N=C2CCCCC2c2ccccc2)c1=O. The van der Waals surface area contributed by atoms with Crippen LogP contribution in [0.2, 0.25) is 0 Å². The van der Waals surface area contributed by atoms with Crippen LogP contribution < -0.4 is 5.56 Å². The van der Waals surface area contributed by atoms with E-state index in [9.17, 15) is 18.0 Å². The first-order valence-corrected chi connectivity index (χ1v) is 10.3. The third-order valence-corrected chi connectivity index (χ3v) is 5.65. The third kappa shape index (κ3) is 4.22. The molecule has 3 aromatic rings. The molecule has 0 N–H and O–H groups in total. The first kappa shape index (κ1) is 21.6. The van der Waals surface area contributed by atoms with E-state index >= 15 is 0 Å². The first-order valence-electron chi connectivity index (χ1n) is 10.3. The van der Waals surface area contributed by atoms with Crippen LogP contribution in [-0.2, 0) is 6.18 Å². The molecule has 1 aromatic heterocycles. The van der Waals surface area contributed by atoms with E-state index in [1.807, 2.05) is 30.3 Å². The summed E-state index contributed by atoms with van der Waals surface area (Å²) in [6.45, 7) is 7.23. The van der Waals surface area contributed by atoms with Crippen LogP contribution in [-0.4, -0.2) is 10.4 Å². The van der Waals surface area contributed by atoms with E-state index in [1.54, 1.807) is 30.3 Å². The summed E-state index contributed by atoms with van der Waals surface area (Å²) < 4.78 is 42.0. The van der Waals surface area contributed by atoms with Crippen molar-refractivity contribution in [1.29, 1.82) is 0 Å². The fraction of sp³-hybridized carbons (Fsp3) is 0.240. The molecule has 4 rings (SSSR count). The minimum Gasteiger partial charge on any atom is -0.281 e. The summed E-state index contributed by atoms with van der Waals surface area (Å²) in [6, 6.07) is 19.0. The molecule has 2 aromatic carbocycles. The molecule has 0 aliphatic heterocycles. The molecule has 0 spiro atoms. The van der Waals surface area contributed by atoms with Crippen molar-refractivity contribution in [3.8, 4) is 11.3 Å². The van der Waals surface area contributed by atoms with E-state index < -0.39 is 23.0 Å². The molecule has 1 aliphatic carbocycles. The quantitative estimate of drug-likeness (QED) is 0.425.